The minimum atomic E-state index is -3.87. The molecule has 9 aromatic rings. The number of aromatic nitrogens is 3. The van der Waals surface area contributed by atoms with Crippen molar-refractivity contribution in [2.75, 3.05) is 21.5 Å². The van der Waals surface area contributed by atoms with Gasteiger partial charge in [-0.05, 0) is 106 Å². The topological polar surface area (TPSA) is 181 Å². The maximum absolute atomic E-state index is 16.4. The van der Waals surface area contributed by atoms with Crippen molar-refractivity contribution >= 4 is 67.3 Å². The monoisotopic (exact) mass is 985 g/mol. The number of hydrogen-bond donors (Lipinski definition) is 5. The highest BCUT2D eigenvalue weighted by molar-refractivity contribution is 8.24. The van der Waals surface area contributed by atoms with Gasteiger partial charge in [0.1, 0.15) is 43.5 Å². The van der Waals surface area contributed by atoms with E-state index in [-0.39, 0.29) is 53.9 Å². The van der Waals surface area contributed by atoms with Crippen LogP contribution in [0.1, 0.15) is 27.8 Å². The number of carbonyl (C=O) groups excluding carboxylic acids is 2. The van der Waals surface area contributed by atoms with Crippen LogP contribution in [-0.4, -0.2) is 41.6 Å². The molecule has 15 nitrogen and oxygen atoms in total. The number of imidazole rings is 1. The van der Waals surface area contributed by atoms with Gasteiger partial charge in [-0.1, -0.05) is 103 Å². The summed E-state index contributed by atoms with van der Waals surface area (Å²) in [6.45, 7) is 2.02. The fourth-order valence-corrected chi connectivity index (χ4v) is 9.75. The second-order valence-corrected chi connectivity index (χ2v) is 18.9. The fraction of sp³-hybridized carbons (Fsp3) is 0.127. The second-order valence-electron chi connectivity index (χ2n) is 17.2. The average molecular weight is 986 g/mol. The summed E-state index contributed by atoms with van der Waals surface area (Å²) in [5.41, 5.74) is 7.49. The molecule has 72 heavy (non-hydrogen) atoms. The molecule has 0 atom stereocenters. The highest BCUT2D eigenvalue weighted by Crippen LogP contribution is 2.51. The highest BCUT2D eigenvalue weighted by Gasteiger charge is 2.39. The van der Waals surface area contributed by atoms with Gasteiger partial charge in [-0.15, -0.1) is 0 Å². The van der Waals surface area contributed by atoms with Gasteiger partial charge in [0.2, 0.25) is 17.7 Å². The maximum atomic E-state index is 16.4. The zero-order valence-corrected chi connectivity index (χ0v) is 39.9. The molecule has 7 aromatic carbocycles. The molecule has 1 saturated heterocycles. The van der Waals surface area contributed by atoms with E-state index in [0.717, 1.165) is 43.5 Å². The first-order chi connectivity index (χ1) is 34.9. The van der Waals surface area contributed by atoms with Gasteiger partial charge in [0, 0.05) is 35.6 Å². The Hall–Kier alpha value is -8.64. The van der Waals surface area contributed by atoms with Crippen LogP contribution in [0.25, 0.3) is 27.5 Å². The summed E-state index contributed by atoms with van der Waals surface area (Å²) in [6, 6.07) is 49.7. The van der Waals surface area contributed by atoms with E-state index in [1.165, 1.54) is 6.07 Å². The van der Waals surface area contributed by atoms with Crippen LogP contribution in [0.4, 0.5) is 27.1 Å². The van der Waals surface area contributed by atoms with Crippen LogP contribution in [0.15, 0.2) is 169 Å². The van der Waals surface area contributed by atoms with Gasteiger partial charge in [0.25, 0.3) is 5.91 Å². The number of pyridine rings is 1. The van der Waals surface area contributed by atoms with Gasteiger partial charge < -0.3 is 24.8 Å². The van der Waals surface area contributed by atoms with Gasteiger partial charge in [-0.25, -0.2) is 18.2 Å². The Bertz CT molecular complexity index is 3560. The molecule has 10 rings (SSSR count). The third-order valence-corrected chi connectivity index (χ3v) is 13.6. The van der Waals surface area contributed by atoms with E-state index < -0.39 is 29.2 Å². The summed E-state index contributed by atoms with van der Waals surface area (Å²) in [6.07, 6.45) is 0.0410. The van der Waals surface area contributed by atoms with Gasteiger partial charge in [-0.2, -0.15) is 4.98 Å². The Morgan fingerprint density at radius 2 is 1.38 bits per heavy atom. The molecule has 2 amide bonds. The maximum Gasteiger partial charge on any atom is 0.333 e. The third kappa shape index (κ3) is 10.0. The molecule has 0 spiro atoms. The zero-order valence-electron chi connectivity index (χ0n) is 39.0. The lowest BCUT2D eigenvalue weighted by molar-refractivity contribution is -0.117. The molecule has 0 aliphatic carbocycles. The summed E-state index contributed by atoms with van der Waals surface area (Å²) in [5, 5.41) is 6.87. The number of aryl methyl sites for hydroxylation is 2. The van der Waals surface area contributed by atoms with Crippen LogP contribution in [-0.2, 0) is 42.9 Å². The van der Waals surface area contributed by atoms with Crippen LogP contribution >= 0.6 is 11.0 Å². The Morgan fingerprint density at radius 3 is 2.03 bits per heavy atom. The summed E-state index contributed by atoms with van der Waals surface area (Å²) >= 11 is 0. The van der Waals surface area contributed by atoms with E-state index in [1.807, 2.05) is 134 Å². The Balaban J connectivity index is 0.849. The molecule has 3 heterocycles. The van der Waals surface area contributed by atoms with Crippen molar-refractivity contribution < 1.29 is 37.3 Å². The summed E-state index contributed by atoms with van der Waals surface area (Å²) in [4.78, 5) is 44.4. The standard InChI is InChI=1S/C55H48FN7O8S/c1-35-26-39(27-49(64)58-41-19-21-43-40(28-41)29-48(69-32-36-12-6-3-7-13-36)53(52(43)56)62-31-50(65)60-72(62,67)68)18-22-44(35)57-42-20-23-45-47(30-42)61(2)55(66)63(45)46-24-25-51(70-33-37-14-8-4-9-15-37)59-54(46)71-34-38-16-10-5-11-17-38/h3-26,28-30,57,67-68H,27,31-34H2,1-2H3,(H,58,64)(H,60,65). The number of amides is 2. The number of rotatable bonds is 16. The van der Waals surface area contributed by atoms with Gasteiger partial charge >= 0.3 is 5.69 Å². The molecule has 0 bridgehead atoms. The molecule has 0 saturated carbocycles. The number of benzene rings is 7. The molecule has 1 fully saturated rings. The number of carbonyl (C=O) groups is 2. The number of anilines is 4. The summed E-state index contributed by atoms with van der Waals surface area (Å²) in [7, 11) is -2.15. The van der Waals surface area contributed by atoms with Crippen molar-refractivity contribution in [1.82, 2.24) is 18.8 Å². The number of fused-ring (bicyclic) bond motifs is 2. The first kappa shape index (κ1) is 47.1. The fourth-order valence-electron chi connectivity index (χ4n) is 8.55. The van der Waals surface area contributed by atoms with E-state index >= 15 is 4.39 Å². The Labute approximate surface area is 414 Å². The van der Waals surface area contributed by atoms with Crippen LogP contribution in [0, 0.1) is 12.7 Å². The number of halogens is 1. The van der Waals surface area contributed by atoms with Crippen LogP contribution < -0.4 is 39.6 Å². The Morgan fingerprint density at radius 1 is 0.722 bits per heavy atom. The van der Waals surface area contributed by atoms with E-state index in [2.05, 4.69) is 15.4 Å². The largest absolute Gasteiger partial charge is 0.487 e. The number of hydrogen-bond acceptors (Lipinski definition) is 11. The lowest BCUT2D eigenvalue weighted by atomic mass is 10.1. The molecule has 364 valence electrons. The van der Waals surface area contributed by atoms with Crippen molar-refractivity contribution in [2.24, 2.45) is 7.05 Å². The van der Waals surface area contributed by atoms with E-state index in [0.29, 0.717) is 40.3 Å². The predicted molar refractivity (Wildman–Crippen MR) is 278 cm³/mol. The SMILES string of the molecule is Cc1cc(CC(=O)Nc2ccc3c(F)c(N4CC(=O)NS4(O)O)c(OCc4ccccc4)cc3c2)ccc1Nc1ccc2c(c1)n(C)c(=O)n2-c1ccc(OCc2ccccc2)nc1OCc1ccccc1. The van der Waals surface area contributed by atoms with Crippen molar-refractivity contribution in [2.45, 2.75) is 33.2 Å². The molecule has 1 aliphatic heterocycles. The van der Waals surface area contributed by atoms with Crippen LogP contribution in [0.2, 0.25) is 0 Å². The molecular formula is C55H48FN7O8S. The zero-order chi connectivity index (χ0) is 49.9. The predicted octanol–water partition coefficient (Wildman–Crippen LogP) is 10.5. The Kier molecular flexibility index (Phi) is 13.1. The normalized spacial score (nSPS) is 13.5. The van der Waals surface area contributed by atoms with Crippen molar-refractivity contribution in [3.63, 3.8) is 0 Å². The quantitative estimate of drug-likeness (QED) is 0.0621. The molecule has 5 N–H and O–H groups in total. The molecule has 0 radical (unpaired) electrons. The molecule has 2 aromatic heterocycles. The van der Waals surface area contributed by atoms with Crippen molar-refractivity contribution in [3.8, 4) is 23.2 Å². The molecule has 17 heteroatoms. The minimum absolute atomic E-state index is 0.0151. The van der Waals surface area contributed by atoms with Crippen LogP contribution in [0.3, 0.4) is 0 Å². The molecular weight excluding hydrogens is 938 g/mol. The number of nitrogens with zero attached hydrogens (tertiary/aromatic N) is 4. The number of nitrogens with one attached hydrogen (secondary N) is 3. The highest BCUT2D eigenvalue weighted by atomic mass is 32.3. The van der Waals surface area contributed by atoms with E-state index in [4.69, 9.17) is 19.2 Å². The average Bonchev–Trinajstić information content (AvgIpc) is 3.80. The lowest BCUT2D eigenvalue weighted by Gasteiger charge is -2.37. The first-order valence-corrected chi connectivity index (χ1v) is 24.4. The molecule has 0 unspecified atom stereocenters. The smallest absolute Gasteiger partial charge is 0.333 e. The second kappa shape index (κ2) is 20.0. The van der Waals surface area contributed by atoms with E-state index in [9.17, 15) is 23.5 Å². The van der Waals surface area contributed by atoms with E-state index in [1.54, 1.807) is 46.5 Å². The molecule has 1 aliphatic rings. The first-order valence-electron chi connectivity index (χ1n) is 22.9. The summed E-state index contributed by atoms with van der Waals surface area (Å²) < 4.78 is 62.3. The number of ether oxygens (including phenoxy) is 3. The lowest BCUT2D eigenvalue weighted by Crippen LogP contribution is -2.26. The van der Waals surface area contributed by atoms with Gasteiger partial charge in [0.05, 0.1) is 17.5 Å². The third-order valence-electron chi connectivity index (χ3n) is 12.1. The van der Waals surface area contributed by atoms with Crippen molar-refractivity contribution in [3.05, 3.63) is 208 Å². The van der Waals surface area contributed by atoms with Crippen molar-refractivity contribution in [1.29, 1.82) is 0 Å². The summed E-state index contributed by atoms with van der Waals surface area (Å²) in [5.74, 6) is -1.22. The minimum Gasteiger partial charge on any atom is -0.487 e. The van der Waals surface area contributed by atoms with Crippen LogP contribution in [0.5, 0.6) is 17.5 Å². The van der Waals surface area contributed by atoms with Gasteiger partial charge in [-0.3, -0.25) is 27.8 Å². The van der Waals surface area contributed by atoms with Gasteiger partial charge in [0.15, 0.2) is 5.82 Å².